The molecule has 1 fully saturated rings. The lowest BCUT2D eigenvalue weighted by Crippen LogP contribution is -2.34. The van der Waals surface area contributed by atoms with Crippen molar-refractivity contribution in [2.45, 2.75) is 90.6 Å². The van der Waals surface area contributed by atoms with E-state index in [2.05, 4.69) is 16.9 Å². The molecular weight excluding hydrogens is 420 g/mol. The topological polar surface area (TPSA) is 79.8 Å². The first-order valence-corrected chi connectivity index (χ1v) is 12.0. The molecular formula is C26H36N2O5. The molecule has 7 heteroatoms. The molecule has 1 saturated heterocycles. The fourth-order valence-corrected chi connectivity index (χ4v) is 3.80. The maximum Gasteiger partial charge on any atom is 0.343 e. The third-order valence-electron chi connectivity index (χ3n) is 5.54. The maximum absolute atomic E-state index is 12.5. The number of ether oxygens (including phenoxy) is 4. The van der Waals surface area contributed by atoms with Gasteiger partial charge in [-0.1, -0.05) is 46.0 Å². The van der Waals surface area contributed by atoms with Gasteiger partial charge in [-0.15, -0.1) is 0 Å². The van der Waals surface area contributed by atoms with Crippen molar-refractivity contribution in [3.8, 4) is 22.9 Å². The summed E-state index contributed by atoms with van der Waals surface area (Å²) < 4.78 is 22.7. The van der Waals surface area contributed by atoms with E-state index in [1.54, 1.807) is 13.8 Å². The normalized spacial score (nSPS) is 19.4. The highest BCUT2D eigenvalue weighted by Gasteiger charge is 2.45. The average molecular weight is 457 g/mol. The van der Waals surface area contributed by atoms with Crippen molar-refractivity contribution in [1.29, 1.82) is 0 Å². The summed E-state index contributed by atoms with van der Waals surface area (Å²) in [4.78, 5) is 21.2. The van der Waals surface area contributed by atoms with Crippen LogP contribution in [0, 0.1) is 0 Å². The number of carbonyl (C=O) groups is 1. The third-order valence-corrected chi connectivity index (χ3v) is 5.54. The van der Waals surface area contributed by atoms with Crippen LogP contribution in [0.1, 0.15) is 72.6 Å². The molecule has 0 N–H and O–H groups in total. The zero-order chi connectivity index (χ0) is 23.7. The lowest BCUT2D eigenvalue weighted by molar-refractivity contribution is -0.164. The van der Waals surface area contributed by atoms with Crippen molar-refractivity contribution in [2.24, 2.45) is 0 Å². The minimum atomic E-state index is -0.810. The van der Waals surface area contributed by atoms with Gasteiger partial charge in [-0.3, -0.25) is 0 Å². The van der Waals surface area contributed by atoms with Gasteiger partial charge < -0.3 is 18.9 Å². The molecule has 1 aromatic carbocycles. The van der Waals surface area contributed by atoms with Crippen LogP contribution < -0.4 is 9.47 Å². The van der Waals surface area contributed by atoms with E-state index in [-0.39, 0.29) is 11.9 Å². The van der Waals surface area contributed by atoms with Gasteiger partial charge in [0.1, 0.15) is 5.75 Å². The van der Waals surface area contributed by atoms with Gasteiger partial charge in [0.25, 0.3) is 0 Å². The van der Waals surface area contributed by atoms with Crippen molar-refractivity contribution in [3.63, 3.8) is 0 Å². The average Bonchev–Trinajstić information content (AvgIpc) is 3.14. The summed E-state index contributed by atoms with van der Waals surface area (Å²) in [7, 11) is 0. The quantitative estimate of drug-likeness (QED) is 0.298. The highest BCUT2D eigenvalue weighted by Crippen LogP contribution is 2.31. The number of hydrogen-bond donors (Lipinski definition) is 0. The zero-order valence-corrected chi connectivity index (χ0v) is 20.2. The van der Waals surface area contributed by atoms with Gasteiger partial charge in [0, 0.05) is 5.56 Å². The Morgan fingerprint density at radius 3 is 2.27 bits per heavy atom. The van der Waals surface area contributed by atoms with Crippen molar-refractivity contribution in [2.75, 3.05) is 6.61 Å². The predicted octanol–water partition coefficient (Wildman–Crippen LogP) is 5.72. The monoisotopic (exact) mass is 456 g/mol. The van der Waals surface area contributed by atoms with E-state index < -0.39 is 17.9 Å². The lowest BCUT2D eigenvalue weighted by atomic mass is 10.1. The molecule has 0 saturated carbocycles. The fourth-order valence-electron chi connectivity index (χ4n) is 3.80. The Morgan fingerprint density at radius 2 is 1.61 bits per heavy atom. The van der Waals surface area contributed by atoms with Crippen LogP contribution in [0.2, 0.25) is 0 Å². The third kappa shape index (κ3) is 7.51. The Kier molecular flexibility index (Phi) is 9.21. The molecule has 1 aliphatic rings. The van der Waals surface area contributed by atoms with Gasteiger partial charge in [-0.05, 0) is 51.0 Å². The number of unbranched alkanes of at least 4 members (excludes halogenated alkanes) is 5. The summed E-state index contributed by atoms with van der Waals surface area (Å²) >= 11 is 0. The zero-order valence-electron chi connectivity index (χ0n) is 20.2. The summed E-state index contributed by atoms with van der Waals surface area (Å²) in [6, 6.07) is 7.70. The molecule has 33 heavy (non-hydrogen) atoms. The SMILES string of the molecule is CCCCCCCCOc1ccc(-c2ncc(OC(=O)C3OC(C)(C)OC3CC)cn2)cc1. The van der Waals surface area contributed by atoms with Crippen molar-refractivity contribution >= 4 is 5.97 Å². The van der Waals surface area contributed by atoms with Crippen LogP contribution in [0.25, 0.3) is 11.4 Å². The second kappa shape index (κ2) is 12.1. The highest BCUT2D eigenvalue weighted by molar-refractivity contribution is 5.78. The van der Waals surface area contributed by atoms with Crippen molar-refractivity contribution < 1.29 is 23.7 Å². The first-order chi connectivity index (χ1) is 15.9. The van der Waals surface area contributed by atoms with Crippen LogP contribution in [0.3, 0.4) is 0 Å². The minimum absolute atomic E-state index is 0.269. The van der Waals surface area contributed by atoms with Crippen LogP contribution in [0.4, 0.5) is 0 Å². The number of rotatable bonds is 12. The number of hydrogen-bond acceptors (Lipinski definition) is 7. The highest BCUT2D eigenvalue weighted by atomic mass is 16.8. The van der Waals surface area contributed by atoms with E-state index in [4.69, 9.17) is 18.9 Å². The Balaban J connectivity index is 1.48. The first kappa shape index (κ1) is 25.1. The van der Waals surface area contributed by atoms with E-state index >= 15 is 0 Å². The molecule has 2 heterocycles. The Labute approximate surface area is 196 Å². The van der Waals surface area contributed by atoms with Gasteiger partial charge in [-0.2, -0.15) is 0 Å². The molecule has 0 amide bonds. The van der Waals surface area contributed by atoms with Crippen molar-refractivity contribution in [3.05, 3.63) is 36.7 Å². The molecule has 7 nitrogen and oxygen atoms in total. The van der Waals surface area contributed by atoms with Gasteiger partial charge >= 0.3 is 5.97 Å². The second-order valence-electron chi connectivity index (χ2n) is 8.81. The molecule has 1 aliphatic heterocycles. The van der Waals surface area contributed by atoms with Crippen molar-refractivity contribution in [1.82, 2.24) is 9.97 Å². The Bertz CT molecular complexity index is 867. The second-order valence-corrected chi connectivity index (χ2v) is 8.81. The van der Waals surface area contributed by atoms with Gasteiger partial charge in [0.2, 0.25) is 0 Å². The Morgan fingerprint density at radius 1 is 0.939 bits per heavy atom. The molecule has 0 aliphatic carbocycles. The Hall–Kier alpha value is -2.51. The summed E-state index contributed by atoms with van der Waals surface area (Å²) in [5.74, 6) is 0.340. The summed E-state index contributed by atoms with van der Waals surface area (Å²) in [6.45, 7) is 8.47. The van der Waals surface area contributed by atoms with Gasteiger partial charge in [-0.25, -0.2) is 14.8 Å². The van der Waals surface area contributed by atoms with Crippen LogP contribution >= 0.6 is 0 Å². The number of aromatic nitrogens is 2. The summed E-state index contributed by atoms with van der Waals surface area (Å²) in [6.07, 6.45) is 9.97. The number of benzene rings is 1. The van der Waals surface area contributed by atoms with Gasteiger partial charge in [0.15, 0.2) is 23.5 Å². The molecule has 2 unspecified atom stereocenters. The maximum atomic E-state index is 12.5. The number of esters is 1. The van der Waals surface area contributed by atoms with E-state index in [0.717, 1.165) is 24.3 Å². The van der Waals surface area contributed by atoms with Gasteiger partial charge in [0.05, 0.1) is 25.1 Å². The fraction of sp³-hybridized carbons (Fsp3) is 0.577. The van der Waals surface area contributed by atoms with Crippen LogP contribution in [-0.4, -0.2) is 40.5 Å². The molecule has 0 radical (unpaired) electrons. The van der Waals surface area contributed by atoms with Crippen LogP contribution in [0.5, 0.6) is 11.5 Å². The summed E-state index contributed by atoms with van der Waals surface area (Å²) in [5, 5.41) is 0. The minimum Gasteiger partial charge on any atom is -0.494 e. The van der Waals surface area contributed by atoms with Crippen LogP contribution in [0.15, 0.2) is 36.7 Å². The molecule has 180 valence electrons. The predicted molar refractivity (Wildman–Crippen MR) is 126 cm³/mol. The van der Waals surface area contributed by atoms with E-state index in [0.29, 0.717) is 12.2 Å². The molecule has 0 bridgehead atoms. The van der Waals surface area contributed by atoms with E-state index in [9.17, 15) is 4.79 Å². The smallest absolute Gasteiger partial charge is 0.343 e. The molecule has 2 atom stereocenters. The molecule has 0 spiro atoms. The molecule has 3 rings (SSSR count). The largest absolute Gasteiger partial charge is 0.494 e. The first-order valence-electron chi connectivity index (χ1n) is 12.0. The lowest BCUT2D eigenvalue weighted by Gasteiger charge is -2.16. The van der Waals surface area contributed by atoms with E-state index in [1.165, 1.54) is 44.5 Å². The van der Waals surface area contributed by atoms with Crippen LogP contribution in [-0.2, 0) is 14.3 Å². The molecule has 2 aromatic rings. The summed E-state index contributed by atoms with van der Waals surface area (Å²) in [5.41, 5.74) is 0.861. The number of nitrogens with zero attached hydrogens (tertiary/aromatic N) is 2. The molecule has 1 aromatic heterocycles. The van der Waals surface area contributed by atoms with E-state index in [1.807, 2.05) is 31.2 Å². The number of carbonyl (C=O) groups excluding carboxylic acids is 1. The standard InChI is InChI=1S/C26H36N2O5/c1-5-7-8-9-10-11-16-30-20-14-12-19(13-15-20)24-27-17-21(18-28-24)31-25(29)23-22(6-2)32-26(3,4)33-23/h12-15,17-18,22-23H,5-11,16H2,1-4H3.